The van der Waals surface area contributed by atoms with Crippen LogP contribution in [0.1, 0.15) is 25.3 Å². The maximum Gasteiger partial charge on any atom is 0.279 e. The zero-order chi connectivity index (χ0) is 20.8. The van der Waals surface area contributed by atoms with E-state index in [1.165, 1.54) is 12.8 Å². The van der Waals surface area contributed by atoms with Gasteiger partial charge >= 0.3 is 0 Å². The number of nitrogens with zero attached hydrogens (tertiary/aromatic N) is 1. The minimum atomic E-state index is -0.159. The van der Waals surface area contributed by atoms with Crippen molar-refractivity contribution in [2.24, 2.45) is 5.92 Å². The Labute approximate surface area is 177 Å². The highest BCUT2D eigenvalue weighted by molar-refractivity contribution is 6.33. The molecule has 1 aliphatic rings. The summed E-state index contributed by atoms with van der Waals surface area (Å²) in [6.07, 6.45) is 2.37. The number of likely N-dealkylation sites (N-methyl/N-ethyl adjacent to an activating group) is 1. The first-order valence-electron chi connectivity index (χ1n) is 10.1. The molecular weight excluding hydrogens is 386 g/mol. The van der Waals surface area contributed by atoms with Crippen molar-refractivity contribution in [2.75, 3.05) is 25.5 Å². The zero-order valence-electron chi connectivity index (χ0n) is 17.0. The first-order valence-corrected chi connectivity index (χ1v) is 10.5. The number of para-hydroxylation sites is 1. The van der Waals surface area contributed by atoms with Gasteiger partial charge in [0.2, 0.25) is 0 Å². The number of hydrogen-bond acceptors (Lipinski definition) is 2. The van der Waals surface area contributed by atoms with Gasteiger partial charge in [0.25, 0.3) is 11.8 Å². The maximum atomic E-state index is 13.1. The molecule has 2 amide bonds. The largest absolute Gasteiger partial charge is 0.331 e. The van der Waals surface area contributed by atoms with Crippen molar-refractivity contribution < 1.29 is 14.5 Å². The van der Waals surface area contributed by atoms with Crippen molar-refractivity contribution in [3.63, 3.8) is 0 Å². The topological polar surface area (TPSA) is 53.9 Å². The van der Waals surface area contributed by atoms with Crippen LogP contribution in [-0.4, -0.2) is 42.9 Å². The van der Waals surface area contributed by atoms with Crippen LogP contribution >= 0.6 is 11.6 Å². The normalized spacial score (nSPS) is 15.4. The lowest BCUT2D eigenvalue weighted by atomic mass is 10.1. The van der Waals surface area contributed by atoms with Gasteiger partial charge in [-0.15, -0.1) is 0 Å². The average molecular weight is 415 g/mol. The van der Waals surface area contributed by atoms with Gasteiger partial charge in [-0.05, 0) is 43.4 Å². The van der Waals surface area contributed by atoms with Gasteiger partial charge in [0.1, 0.15) is 0 Å². The molecule has 0 aliphatic heterocycles. The Morgan fingerprint density at radius 2 is 1.76 bits per heavy atom. The van der Waals surface area contributed by atoms with Crippen molar-refractivity contribution in [1.82, 2.24) is 4.90 Å². The van der Waals surface area contributed by atoms with Gasteiger partial charge in [-0.2, -0.15) is 0 Å². The lowest BCUT2D eigenvalue weighted by Gasteiger charge is -2.30. The van der Waals surface area contributed by atoms with Crippen LogP contribution in [0.5, 0.6) is 0 Å². The van der Waals surface area contributed by atoms with Gasteiger partial charge in [-0.3, -0.25) is 9.59 Å². The van der Waals surface area contributed by atoms with E-state index in [2.05, 4.69) is 12.2 Å². The SMILES string of the molecule is C[C@H](C1CC1)N(Cc1ccccc1)C(=O)C[NH+](C)CC(=O)Nc1ccccc1Cl. The molecule has 2 aromatic rings. The second-order valence-corrected chi connectivity index (χ2v) is 8.33. The van der Waals surface area contributed by atoms with E-state index in [-0.39, 0.29) is 30.9 Å². The third kappa shape index (κ3) is 6.31. The van der Waals surface area contributed by atoms with E-state index >= 15 is 0 Å². The number of benzene rings is 2. The lowest BCUT2D eigenvalue weighted by molar-refractivity contribution is -0.862. The number of hydrogen-bond donors (Lipinski definition) is 2. The van der Waals surface area contributed by atoms with E-state index in [4.69, 9.17) is 11.6 Å². The number of halogens is 1. The molecule has 1 unspecified atom stereocenters. The van der Waals surface area contributed by atoms with Crippen molar-refractivity contribution >= 4 is 29.1 Å². The fourth-order valence-corrected chi connectivity index (χ4v) is 3.71. The van der Waals surface area contributed by atoms with Crippen molar-refractivity contribution in [1.29, 1.82) is 0 Å². The van der Waals surface area contributed by atoms with Crippen LogP contribution in [0.2, 0.25) is 5.02 Å². The first kappa shape index (κ1) is 21.3. The van der Waals surface area contributed by atoms with E-state index < -0.39 is 0 Å². The van der Waals surface area contributed by atoms with E-state index in [1.54, 1.807) is 12.1 Å². The number of carbonyl (C=O) groups excluding carboxylic acids is 2. The molecule has 0 heterocycles. The van der Waals surface area contributed by atoms with Crippen LogP contribution in [0, 0.1) is 5.92 Å². The molecule has 2 aromatic carbocycles. The Morgan fingerprint density at radius 3 is 2.41 bits per heavy atom. The summed E-state index contributed by atoms with van der Waals surface area (Å²) >= 11 is 6.10. The van der Waals surface area contributed by atoms with Gasteiger partial charge in [-0.25, -0.2) is 0 Å². The Bertz CT molecular complexity index is 839. The van der Waals surface area contributed by atoms with Crippen molar-refractivity contribution in [2.45, 2.75) is 32.4 Å². The molecule has 0 radical (unpaired) electrons. The molecule has 1 aliphatic carbocycles. The fraction of sp³-hybridized carbons (Fsp3) is 0.391. The summed E-state index contributed by atoms with van der Waals surface area (Å²) in [5.41, 5.74) is 1.72. The van der Waals surface area contributed by atoms with Crippen LogP contribution in [0.3, 0.4) is 0 Å². The quantitative estimate of drug-likeness (QED) is 0.662. The second-order valence-electron chi connectivity index (χ2n) is 7.92. The van der Waals surface area contributed by atoms with Gasteiger partial charge < -0.3 is 15.1 Å². The number of quaternary nitrogens is 1. The molecule has 1 saturated carbocycles. The Kier molecular flexibility index (Phi) is 7.29. The molecule has 2 N–H and O–H groups in total. The van der Waals surface area contributed by atoms with Crippen LogP contribution in [0.15, 0.2) is 54.6 Å². The number of nitrogens with one attached hydrogen (secondary N) is 2. The molecule has 5 nitrogen and oxygen atoms in total. The summed E-state index contributed by atoms with van der Waals surface area (Å²) < 4.78 is 0. The van der Waals surface area contributed by atoms with E-state index in [9.17, 15) is 9.59 Å². The fourth-order valence-electron chi connectivity index (χ4n) is 3.53. The standard InChI is InChI=1S/C23H28ClN3O2/c1-17(19-12-13-19)27(14-18-8-4-3-5-9-18)23(29)16-26(2)15-22(28)25-21-11-7-6-10-20(21)24/h3-11,17,19H,12-16H2,1-2H3,(H,25,28)/p+1/t17-/m1/s1. The van der Waals surface area contributed by atoms with Gasteiger partial charge in [0.15, 0.2) is 13.1 Å². The van der Waals surface area contributed by atoms with Crippen molar-refractivity contribution in [3.8, 4) is 0 Å². The minimum absolute atomic E-state index is 0.0799. The molecule has 154 valence electrons. The van der Waals surface area contributed by atoms with E-state index in [0.717, 1.165) is 10.5 Å². The number of amides is 2. The predicted molar refractivity (Wildman–Crippen MR) is 116 cm³/mol. The molecule has 0 saturated heterocycles. The Morgan fingerprint density at radius 1 is 1.10 bits per heavy atom. The van der Waals surface area contributed by atoms with Gasteiger partial charge in [0, 0.05) is 12.6 Å². The molecule has 3 rings (SSSR count). The third-order valence-electron chi connectivity index (χ3n) is 5.38. The first-order chi connectivity index (χ1) is 13.9. The number of anilines is 1. The third-order valence-corrected chi connectivity index (χ3v) is 5.70. The maximum absolute atomic E-state index is 13.1. The van der Waals surface area contributed by atoms with E-state index in [1.807, 2.05) is 54.4 Å². The monoisotopic (exact) mass is 414 g/mol. The summed E-state index contributed by atoms with van der Waals surface area (Å²) in [5, 5.41) is 3.32. The molecular formula is C23H29ClN3O2+. The second kappa shape index (κ2) is 9.90. The summed E-state index contributed by atoms with van der Waals surface area (Å²) in [4.78, 5) is 28.3. The summed E-state index contributed by atoms with van der Waals surface area (Å²) in [6, 6.07) is 17.4. The summed E-state index contributed by atoms with van der Waals surface area (Å²) in [5.74, 6) is 0.510. The highest BCUT2D eigenvalue weighted by atomic mass is 35.5. The molecule has 6 heteroatoms. The van der Waals surface area contributed by atoms with Crippen LogP contribution < -0.4 is 10.2 Å². The van der Waals surface area contributed by atoms with Crippen molar-refractivity contribution in [3.05, 3.63) is 65.2 Å². The van der Waals surface area contributed by atoms with E-state index in [0.29, 0.717) is 23.2 Å². The summed E-state index contributed by atoms with van der Waals surface area (Å²) in [7, 11) is 1.87. The highest BCUT2D eigenvalue weighted by Gasteiger charge is 2.35. The molecule has 29 heavy (non-hydrogen) atoms. The lowest BCUT2D eigenvalue weighted by Crippen LogP contribution is -3.11. The van der Waals surface area contributed by atoms with Crippen LogP contribution in [0.4, 0.5) is 5.69 Å². The average Bonchev–Trinajstić information content (AvgIpc) is 3.53. The summed E-state index contributed by atoms with van der Waals surface area (Å²) in [6.45, 7) is 3.22. The van der Waals surface area contributed by atoms with Gasteiger partial charge in [-0.1, -0.05) is 54.1 Å². The minimum Gasteiger partial charge on any atom is -0.331 e. The molecule has 0 aromatic heterocycles. The van der Waals surface area contributed by atoms with Crippen LogP contribution in [0.25, 0.3) is 0 Å². The zero-order valence-corrected chi connectivity index (χ0v) is 17.8. The van der Waals surface area contributed by atoms with Gasteiger partial charge in [0.05, 0.1) is 17.8 Å². The number of carbonyl (C=O) groups is 2. The Balaban J connectivity index is 1.57. The number of rotatable bonds is 9. The molecule has 0 bridgehead atoms. The smallest absolute Gasteiger partial charge is 0.279 e. The Hall–Kier alpha value is -2.37. The molecule has 1 fully saturated rings. The molecule has 0 spiro atoms. The highest BCUT2D eigenvalue weighted by Crippen LogP contribution is 2.35. The predicted octanol–water partition coefficient (Wildman–Crippen LogP) is 2.62. The molecule has 2 atom stereocenters. The van der Waals surface area contributed by atoms with Crippen LogP contribution in [-0.2, 0) is 16.1 Å².